The third kappa shape index (κ3) is 5.84. The van der Waals surface area contributed by atoms with E-state index in [0.29, 0.717) is 0 Å². The molecule has 0 radical (unpaired) electrons. The SMILES string of the molecule is COCCS(=O)(=O)F. The Kier molecular flexibility index (Phi) is 2.93. The average Bonchev–Trinajstić information content (AvgIpc) is 1.59. The maximum absolute atomic E-state index is 11.5. The van der Waals surface area contributed by atoms with Crippen LogP contribution in [0.4, 0.5) is 3.89 Å². The van der Waals surface area contributed by atoms with E-state index in [0.717, 1.165) is 0 Å². The second kappa shape index (κ2) is 2.99. The van der Waals surface area contributed by atoms with Crippen molar-refractivity contribution in [3.8, 4) is 0 Å². The van der Waals surface area contributed by atoms with Crippen LogP contribution in [0, 0.1) is 0 Å². The van der Waals surface area contributed by atoms with Gasteiger partial charge in [-0.3, -0.25) is 0 Å². The van der Waals surface area contributed by atoms with Crippen molar-refractivity contribution >= 4 is 10.2 Å². The number of hydrogen-bond donors (Lipinski definition) is 0. The highest BCUT2D eigenvalue weighted by atomic mass is 32.3. The van der Waals surface area contributed by atoms with Gasteiger partial charge in [-0.25, -0.2) is 0 Å². The van der Waals surface area contributed by atoms with Crippen LogP contribution in [0.2, 0.25) is 0 Å². The lowest BCUT2D eigenvalue weighted by molar-refractivity contribution is 0.216. The average molecular weight is 142 g/mol. The molecule has 0 saturated heterocycles. The molecular weight excluding hydrogens is 135 g/mol. The molecule has 0 rings (SSSR count). The molecule has 0 aliphatic heterocycles. The van der Waals surface area contributed by atoms with Gasteiger partial charge in [0.05, 0.1) is 6.61 Å². The Morgan fingerprint density at radius 2 is 2.12 bits per heavy atom. The van der Waals surface area contributed by atoms with Crippen LogP contribution in [0.3, 0.4) is 0 Å². The first-order chi connectivity index (χ1) is 3.56. The van der Waals surface area contributed by atoms with Gasteiger partial charge in [-0.05, 0) is 0 Å². The summed E-state index contributed by atoms with van der Waals surface area (Å²) < 4.78 is 35.1. The summed E-state index contributed by atoms with van der Waals surface area (Å²) >= 11 is 0. The predicted octanol–water partition coefficient (Wildman–Crippen LogP) is -0.0679. The molecule has 0 aliphatic rings. The topological polar surface area (TPSA) is 43.4 Å². The molecular formula is C3H7FO3S. The number of hydrogen-bond acceptors (Lipinski definition) is 3. The highest BCUT2D eigenvalue weighted by Gasteiger charge is 2.03. The van der Waals surface area contributed by atoms with Gasteiger partial charge >= 0.3 is 10.2 Å². The largest absolute Gasteiger partial charge is 0.384 e. The van der Waals surface area contributed by atoms with Gasteiger partial charge < -0.3 is 4.74 Å². The van der Waals surface area contributed by atoms with Crippen molar-refractivity contribution in [3.63, 3.8) is 0 Å². The Bertz CT molecular complexity index is 139. The molecule has 0 aromatic carbocycles. The van der Waals surface area contributed by atoms with Crippen molar-refractivity contribution < 1.29 is 17.0 Å². The Hall–Kier alpha value is -0.160. The van der Waals surface area contributed by atoms with E-state index in [1.165, 1.54) is 7.11 Å². The fraction of sp³-hybridized carbons (Fsp3) is 1.00. The van der Waals surface area contributed by atoms with Crippen LogP contribution in [0.5, 0.6) is 0 Å². The highest BCUT2D eigenvalue weighted by molar-refractivity contribution is 7.86. The molecule has 50 valence electrons. The van der Waals surface area contributed by atoms with Gasteiger partial charge in [0.15, 0.2) is 0 Å². The summed E-state index contributed by atoms with van der Waals surface area (Å²) in [6.07, 6.45) is 0. The molecule has 0 aromatic heterocycles. The standard InChI is InChI=1S/C3H7FO3S/c1-7-2-3-8(4,5)6/h2-3H2,1H3. The predicted molar refractivity (Wildman–Crippen MR) is 26.8 cm³/mol. The van der Waals surface area contributed by atoms with Gasteiger partial charge in [0.2, 0.25) is 0 Å². The molecule has 8 heavy (non-hydrogen) atoms. The summed E-state index contributed by atoms with van der Waals surface area (Å²) in [5.41, 5.74) is 0. The Balaban J connectivity index is 3.42. The number of methoxy groups -OCH3 is 1. The number of ether oxygens (including phenoxy) is 1. The van der Waals surface area contributed by atoms with Crippen molar-refractivity contribution in [2.24, 2.45) is 0 Å². The molecule has 0 amide bonds. The molecule has 0 spiro atoms. The lowest BCUT2D eigenvalue weighted by atomic mass is 10.9. The maximum atomic E-state index is 11.5. The Morgan fingerprint density at radius 1 is 1.62 bits per heavy atom. The van der Waals surface area contributed by atoms with E-state index < -0.39 is 16.0 Å². The van der Waals surface area contributed by atoms with E-state index >= 15 is 0 Å². The fourth-order valence-electron chi connectivity index (χ4n) is 0.183. The van der Waals surface area contributed by atoms with Crippen LogP contribution < -0.4 is 0 Å². The molecule has 0 N–H and O–H groups in total. The maximum Gasteiger partial charge on any atom is 0.304 e. The molecule has 0 aliphatic carbocycles. The zero-order valence-electron chi connectivity index (χ0n) is 4.43. The Labute approximate surface area is 47.7 Å². The molecule has 0 atom stereocenters. The first-order valence-electron chi connectivity index (χ1n) is 1.97. The monoisotopic (exact) mass is 142 g/mol. The molecule has 0 fully saturated rings. The third-order valence-corrected chi connectivity index (χ3v) is 1.19. The summed E-state index contributed by atoms with van der Waals surface area (Å²) in [6.45, 7) is -0.0845. The Morgan fingerprint density at radius 3 is 2.25 bits per heavy atom. The fourth-order valence-corrected chi connectivity index (χ4v) is 0.549. The van der Waals surface area contributed by atoms with E-state index in [-0.39, 0.29) is 6.61 Å². The van der Waals surface area contributed by atoms with Crippen LogP contribution in [0.1, 0.15) is 0 Å². The van der Waals surface area contributed by atoms with Crippen LogP contribution in [0.25, 0.3) is 0 Å². The van der Waals surface area contributed by atoms with Crippen LogP contribution in [-0.2, 0) is 15.0 Å². The zero-order chi connectivity index (χ0) is 6.62. The highest BCUT2D eigenvalue weighted by Crippen LogP contribution is 1.88. The summed E-state index contributed by atoms with van der Waals surface area (Å²) in [7, 11) is -3.00. The zero-order valence-corrected chi connectivity index (χ0v) is 5.24. The van der Waals surface area contributed by atoms with Crippen LogP contribution in [0.15, 0.2) is 0 Å². The van der Waals surface area contributed by atoms with Gasteiger partial charge in [0.25, 0.3) is 0 Å². The third-order valence-electron chi connectivity index (χ3n) is 0.531. The summed E-state index contributed by atoms with van der Waals surface area (Å²) in [6, 6.07) is 0. The van der Waals surface area contributed by atoms with Crippen molar-refractivity contribution in [2.45, 2.75) is 0 Å². The molecule has 0 bridgehead atoms. The van der Waals surface area contributed by atoms with Crippen molar-refractivity contribution in [2.75, 3.05) is 19.5 Å². The lowest BCUT2D eigenvalue weighted by Crippen LogP contribution is -2.04. The van der Waals surface area contributed by atoms with E-state index in [1.54, 1.807) is 0 Å². The lowest BCUT2D eigenvalue weighted by Gasteiger charge is -1.89. The van der Waals surface area contributed by atoms with Gasteiger partial charge in [-0.2, -0.15) is 8.42 Å². The minimum Gasteiger partial charge on any atom is -0.384 e. The molecule has 5 heteroatoms. The van der Waals surface area contributed by atoms with E-state index in [1.807, 2.05) is 0 Å². The minimum absolute atomic E-state index is 0.0845. The summed E-state index contributed by atoms with van der Waals surface area (Å²) in [5, 5.41) is 0. The van der Waals surface area contributed by atoms with E-state index in [9.17, 15) is 12.3 Å². The molecule has 0 aromatic rings. The van der Waals surface area contributed by atoms with Gasteiger partial charge in [0.1, 0.15) is 5.75 Å². The number of halogens is 1. The normalized spacial score (nSPS) is 11.8. The molecule has 0 heterocycles. The molecule has 0 saturated carbocycles. The molecule has 0 unspecified atom stereocenters. The second-order valence-electron chi connectivity index (χ2n) is 1.24. The minimum atomic E-state index is -4.31. The summed E-state index contributed by atoms with van der Waals surface area (Å²) in [5.74, 6) is -0.552. The van der Waals surface area contributed by atoms with Crippen LogP contribution in [-0.4, -0.2) is 27.9 Å². The second-order valence-corrected chi connectivity index (χ2v) is 2.72. The smallest absolute Gasteiger partial charge is 0.304 e. The van der Waals surface area contributed by atoms with Gasteiger partial charge in [-0.1, -0.05) is 0 Å². The van der Waals surface area contributed by atoms with Crippen molar-refractivity contribution in [1.29, 1.82) is 0 Å². The van der Waals surface area contributed by atoms with Crippen molar-refractivity contribution in [3.05, 3.63) is 0 Å². The van der Waals surface area contributed by atoms with E-state index in [2.05, 4.69) is 4.74 Å². The van der Waals surface area contributed by atoms with Crippen molar-refractivity contribution in [1.82, 2.24) is 0 Å². The van der Waals surface area contributed by atoms with Crippen LogP contribution >= 0.6 is 0 Å². The van der Waals surface area contributed by atoms with E-state index in [4.69, 9.17) is 0 Å². The summed E-state index contributed by atoms with van der Waals surface area (Å²) in [4.78, 5) is 0. The first-order valence-corrected chi connectivity index (χ1v) is 3.53. The van der Waals surface area contributed by atoms with Gasteiger partial charge in [0, 0.05) is 7.11 Å². The quantitative estimate of drug-likeness (QED) is 0.518. The number of rotatable bonds is 3. The first kappa shape index (κ1) is 7.84. The molecule has 3 nitrogen and oxygen atoms in total. The van der Waals surface area contributed by atoms with Gasteiger partial charge in [-0.15, -0.1) is 3.89 Å².